The number of halogens is 1. The van der Waals surface area contributed by atoms with Crippen LogP contribution >= 0.6 is 11.6 Å². The number of hydrogen-bond donors (Lipinski definition) is 0. The number of rotatable bonds is 4. The minimum Gasteiger partial charge on any atom is -0.424 e. The van der Waals surface area contributed by atoms with Crippen molar-refractivity contribution in [2.45, 2.75) is 13.3 Å². The normalized spacial score (nSPS) is 10.6. The van der Waals surface area contributed by atoms with Gasteiger partial charge in [0.15, 0.2) is 0 Å². The van der Waals surface area contributed by atoms with Crippen LogP contribution in [0.5, 0.6) is 11.8 Å². The van der Waals surface area contributed by atoms with Gasteiger partial charge in [0.2, 0.25) is 11.2 Å². The van der Waals surface area contributed by atoms with Gasteiger partial charge in [-0.15, -0.1) is 0 Å². The van der Waals surface area contributed by atoms with Gasteiger partial charge >= 0.3 is 6.01 Å². The summed E-state index contributed by atoms with van der Waals surface area (Å²) in [5, 5.41) is 0.0651. The van der Waals surface area contributed by atoms with Crippen molar-refractivity contribution in [2.24, 2.45) is 0 Å². The molecule has 0 aliphatic carbocycles. The number of nitrogens with zero attached hydrogens (tertiary/aromatic N) is 5. The summed E-state index contributed by atoms with van der Waals surface area (Å²) >= 11 is 5.92. The monoisotopic (exact) mass is 301 g/mol. The van der Waals surface area contributed by atoms with Crippen LogP contribution in [0.3, 0.4) is 0 Å². The van der Waals surface area contributed by atoms with Crippen LogP contribution in [-0.4, -0.2) is 24.5 Å². The molecule has 3 aromatic rings. The lowest BCUT2D eigenvalue weighted by Gasteiger charge is -2.07. The van der Waals surface area contributed by atoms with Crippen LogP contribution in [0.25, 0.3) is 5.95 Å². The zero-order valence-electron chi connectivity index (χ0n) is 11.3. The van der Waals surface area contributed by atoms with Gasteiger partial charge in [0.05, 0.1) is 0 Å². The lowest BCUT2D eigenvalue weighted by Crippen LogP contribution is -2.03. The predicted molar refractivity (Wildman–Crippen MR) is 77.9 cm³/mol. The molecule has 2 aromatic heterocycles. The largest absolute Gasteiger partial charge is 0.424 e. The number of aromatic nitrogens is 5. The SMILES string of the molecule is CCc1cccc(Oc2nc(Cl)nc(-n3ccnc3)n2)c1. The summed E-state index contributed by atoms with van der Waals surface area (Å²) in [7, 11) is 0. The first-order valence-electron chi connectivity index (χ1n) is 6.41. The summed E-state index contributed by atoms with van der Waals surface area (Å²) in [6.07, 6.45) is 5.85. The molecule has 0 fully saturated rings. The van der Waals surface area contributed by atoms with Crippen LogP contribution < -0.4 is 4.74 Å². The second kappa shape index (κ2) is 5.88. The van der Waals surface area contributed by atoms with E-state index in [1.165, 1.54) is 5.56 Å². The third kappa shape index (κ3) is 3.17. The number of aryl methyl sites for hydroxylation is 1. The molecule has 0 unspecified atom stereocenters. The fourth-order valence-electron chi connectivity index (χ4n) is 1.79. The molecule has 2 heterocycles. The number of ether oxygens (including phenoxy) is 1. The van der Waals surface area contributed by atoms with E-state index in [-0.39, 0.29) is 11.3 Å². The summed E-state index contributed by atoms with van der Waals surface area (Å²) < 4.78 is 7.29. The molecule has 106 valence electrons. The molecule has 3 rings (SSSR count). The van der Waals surface area contributed by atoms with Crippen molar-refractivity contribution in [3.05, 3.63) is 53.8 Å². The lowest BCUT2D eigenvalue weighted by molar-refractivity contribution is 0.437. The van der Waals surface area contributed by atoms with E-state index in [0.717, 1.165) is 6.42 Å². The summed E-state index contributed by atoms with van der Waals surface area (Å²) in [6.45, 7) is 2.08. The van der Waals surface area contributed by atoms with Gasteiger partial charge in [0.25, 0.3) is 0 Å². The zero-order valence-corrected chi connectivity index (χ0v) is 12.0. The van der Waals surface area contributed by atoms with Gasteiger partial charge in [-0.1, -0.05) is 19.1 Å². The predicted octanol–water partition coefficient (Wildman–Crippen LogP) is 3.07. The van der Waals surface area contributed by atoms with Gasteiger partial charge in [-0.2, -0.15) is 15.0 Å². The Morgan fingerprint density at radius 3 is 2.90 bits per heavy atom. The van der Waals surface area contributed by atoms with Crippen molar-refractivity contribution in [1.82, 2.24) is 24.5 Å². The Morgan fingerprint density at radius 2 is 2.14 bits per heavy atom. The van der Waals surface area contributed by atoms with Crippen LogP contribution in [0.2, 0.25) is 5.28 Å². The van der Waals surface area contributed by atoms with Gasteiger partial charge in [-0.25, -0.2) is 4.98 Å². The van der Waals surface area contributed by atoms with Crippen molar-refractivity contribution >= 4 is 11.6 Å². The smallest absolute Gasteiger partial charge is 0.328 e. The summed E-state index contributed by atoms with van der Waals surface area (Å²) in [5.41, 5.74) is 1.17. The number of hydrogen-bond acceptors (Lipinski definition) is 5. The van der Waals surface area contributed by atoms with E-state index in [2.05, 4.69) is 26.9 Å². The highest BCUT2D eigenvalue weighted by Crippen LogP contribution is 2.21. The Balaban J connectivity index is 1.91. The molecule has 0 N–H and O–H groups in total. The molecule has 0 bridgehead atoms. The maximum Gasteiger partial charge on any atom is 0.328 e. The van der Waals surface area contributed by atoms with Crippen LogP contribution in [-0.2, 0) is 6.42 Å². The zero-order chi connectivity index (χ0) is 14.7. The van der Waals surface area contributed by atoms with Crippen LogP contribution in [0.1, 0.15) is 12.5 Å². The van der Waals surface area contributed by atoms with Crippen molar-refractivity contribution < 1.29 is 4.74 Å². The molecule has 0 saturated heterocycles. The van der Waals surface area contributed by atoms with E-state index in [4.69, 9.17) is 16.3 Å². The summed E-state index contributed by atoms with van der Waals surface area (Å²) in [4.78, 5) is 16.2. The molecule has 0 atom stereocenters. The van der Waals surface area contributed by atoms with Crippen molar-refractivity contribution in [3.8, 4) is 17.7 Å². The van der Waals surface area contributed by atoms with Crippen molar-refractivity contribution in [2.75, 3.05) is 0 Å². The van der Waals surface area contributed by atoms with Gasteiger partial charge in [0.1, 0.15) is 12.1 Å². The Hall–Kier alpha value is -2.47. The molecule has 0 radical (unpaired) electrons. The van der Waals surface area contributed by atoms with Gasteiger partial charge in [-0.05, 0) is 35.7 Å². The lowest BCUT2D eigenvalue weighted by atomic mass is 10.2. The molecule has 1 aromatic carbocycles. The van der Waals surface area contributed by atoms with E-state index in [9.17, 15) is 0 Å². The average Bonchev–Trinajstić information content (AvgIpc) is 3.01. The van der Waals surface area contributed by atoms with E-state index in [1.54, 1.807) is 23.3 Å². The standard InChI is InChI=1S/C14H12ClN5O/c1-2-10-4-3-5-11(8-10)21-14-18-12(15)17-13(19-14)20-7-6-16-9-20/h3-9H,2H2,1H3. The van der Waals surface area contributed by atoms with Gasteiger partial charge in [-0.3, -0.25) is 4.57 Å². The second-order valence-electron chi connectivity index (χ2n) is 4.26. The molecular formula is C14H12ClN5O. The topological polar surface area (TPSA) is 65.7 Å². The summed E-state index contributed by atoms with van der Waals surface area (Å²) in [6, 6.07) is 7.88. The Labute approximate surface area is 126 Å². The van der Waals surface area contributed by atoms with E-state index in [1.807, 2.05) is 24.3 Å². The first-order valence-corrected chi connectivity index (χ1v) is 6.79. The Morgan fingerprint density at radius 1 is 1.24 bits per heavy atom. The minimum absolute atomic E-state index is 0.0651. The molecule has 0 aliphatic rings. The maximum absolute atomic E-state index is 5.92. The second-order valence-corrected chi connectivity index (χ2v) is 4.60. The van der Waals surface area contributed by atoms with E-state index in [0.29, 0.717) is 11.7 Å². The third-order valence-electron chi connectivity index (χ3n) is 2.83. The van der Waals surface area contributed by atoms with Gasteiger partial charge in [0, 0.05) is 12.4 Å². The highest BCUT2D eigenvalue weighted by Gasteiger charge is 2.09. The molecule has 0 saturated carbocycles. The van der Waals surface area contributed by atoms with Gasteiger partial charge < -0.3 is 4.74 Å². The van der Waals surface area contributed by atoms with Crippen LogP contribution in [0.15, 0.2) is 43.0 Å². The Bertz CT molecular complexity index is 745. The molecule has 0 amide bonds. The van der Waals surface area contributed by atoms with E-state index < -0.39 is 0 Å². The highest BCUT2D eigenvalue weighted by atomic mass is 35.5. The first-order chi connectivity index (χ1) is 10.2. The Kier molecular flexibility index (Phi) is 3.79. The molecular weight excluding hydrogens is 290 g/mol. The maximum atomic E-state index is 5.92. The number of imidazole rings is 1. The fourth-order valence-corrected chi connectivity index (χ4v) is 1.94. The molecule has 6 nitrogen and oxygen atoms in total. The summed E-state index contributed by atoms with van der Waals surface area (Å²) in [5.74, 6) is 1.02. The van der Waals surface area contributed by atoms with Crippen LogP contribution in [0, 0.1) is 0 Å². The highest BCUT2D eigenvalue weighted by molar-refractivity contribution is 6.28. The van der Waals surface area contributed by atoms with Crippen LogP contribution in [0.4, 0.5) is 0 Å². The first kappa shape index (κ1) is 13.5. The minimum atomic E-state index is 0.0651. The average molecular weight is 302 g/mol. The van der Waals surface area contributed by atoms with Crippen molar-refractivity contribution in [1.29, 1.82) is 0 Å². The van der Waals surface area contributed by atoms with Crippen molar-refractivity contribution in [3.63, 3.8) is 0 Å². The molecule has 7 heteroatoms. The quantitative estimate of drug-likeness (QED) is 0.741. The fraction of sp³-hybridized carbons (Fsp3) is 0.143. The number of benzene rings is 1. The van der Waals surface area contributed by atoms with E-state index >= 15 is 0 Å². The molecule has 21 heavy (non-hydrogen) atoms. The molecule has 0 spiro atoms. The molecule has 0 aliphatic heterocycles. The third-order valence-corrected chi connectivity index (χ3v) is 3.00.